The molecule has 0 bridgehead atoms. The molecule has 1 amide bonds. The van der Waals surface area contributed by atoms with Gasteiger partial charge >= 0.3 is 0 Å². The largest absolute Gasteiger partial charge is 0.321 e. The second-order valence-corrected chi connectivity index (χ2v) is 5.47. The molecule has 0 saturated carbocycles. The van der Waals surface area contributed by atoms with Crippen LogP contribution in [0.2, 0.25) is 0 Å². The highest BCUT2D eigenvalue weighted by Gasteiger charge is 2.14. The van der Waals surface area contributed by atoms with Crippen LogP contribution in [0.5, 0.6) is 0 Å². The molecule has 3 rings (SSSR count). The molecule has 1 N–H and O–H groups in total. The summed E-state index contributed by atoms with van der Waals surface area (Å²) in [6.45, 7) is 0. The number of aromatic nitrogens is 3. The van der Waals surface area contributed by atoms with Gasteiger partial charge in [-0.15, -0.1) is 0 Å². The number of carbonyl (C=O) groups excluding carboxylic acids is 1. The first-order valence-corrected chi connectivity index (χ1v) is 7.69. The smallest absolute Gasteiger partial charge is 0.266 e. The second-order valence-electron chi connectivity index (χ2n) is 5.47. The van der Waals surface area contributed by atoms with Crippen molar-refractivity contribution in [1.29, 1.82) is 5.26 Å². The zero-order chi connectivity index (χ0) is 18.5. The van der Waals surface area contributed by atoms with E-state index in [0.717, 1.165) is 5.56 Å². The summed E-state index contributed by atoms with van der Waals surface area (Å²) in [5.74, 6) is -0.986. The number of pyridine rings is 1. The van der Waals surface area contributed by atoms with Gasteiger partial charge < -0.3 is 5.32 Å². The third kappa shape index (κ3) is 3.82. The highest BCUT2D eigenvalue weighted by Crippen LogP contribution is 2.23. The maximum atomic E-state index is 13.0. The molecule has 0 aliphatic carbocycles. The average Bonchev–Trinajstić information content (AvgIpc) is 3.02. The Kier molecular flexibility index (Phi) is 4.85. The van der Waals surface area contributed by atoms with Gasteiger partial charge in [0, 0.05) is 42.5 Å². The van der Waals surface area contributed by atoms with E-state index in [1.54, 1.807) is 42.5 Å². The summed E-state index contributed by atoms with van der Waals surface area (Å²) in [4.78, 5) is 16.3. The monoisotopic (exact) mass is 347 g/mol. The number of anilines is 1. The number of aryl methyl sites for hydroxylation is 1. The highest BCUT2D eigenvalue weighted by molar-refractivity contribution is 6.10. The van der Waals surface area contributed by atoms with Crippen LogP contribution in [0, 0.1) is 17.1 Å². The van der Waals surface area contributed by atoms with Gasteiger partial charge in [-0.2, -0.15) is 10.4 Å². The van der Waals surface area contributed by atoms with Crippen LogP contribution in [0.1, 0.15) is 5.56 Å². The van der Waals surface area contributed by atoms with Gasteiger partial charge in [0.05, 0.1) is 5.69 Å². The fourth-order valence-electron chi connectivity index (χ4n) is 2.38. The van der Waals surface area contributed by atoms with Crippen LogP contribution < -0.4 is 5.32 Å². The SMILES string of the molecule is Cn1cc(/C=C(/C#N)C(=O)Nc2ccc(F)cc2)c(-c2ccncc2)n1. The molecule has 2 heterocycles. The molecule has 0 fully saturated rings. The van der Waals surface area contributed by atoms with E-state index in [1.165, 1.54) is 30.3 Å². The van der Waals surface area contributed by atoms with Crippen molar-refractivity contribution in [1.82, 2.24) is 14.8 Å². The van der Waals surface area contributed by atoms with Crippen molar-refractivity contribution >= 4 is 17.7 Å². The van der Waals surface area contributed by atoms with E-state index >= 15 is 0 Å². The Morgan fingerprint density at radius 1 is 1.23 bits per heavy atom. The van der Waals surface area contributed by atoms with Crippen LogP contribution in [0.3, 0.4) is 0 Å². The van der Waals surface area contributed by atoms with Gasteiger partial charge in [0.25, 0.3) is 5.91 Å². The van der Waals surface area contributed by atoms with Gasteiger partial charge in [-0.3, -0.25) is 14.5 Å². The molecule has 3 aromatic rings. The fraction of sp³-hybridized carbons (Fsp3) is 0.0526. The van der Waals surface area contributed by atoms with Gasteiger partial charge in [0.1, 0.15) is 17.5 Å². The molecule has 0 atom stereocenters. The van der Waals surface area contributed by atoms with Crippen LogP contribution in [-0.2, 0) is 11.8 Å². The normalized spacial score (nSPS) is 11.0. The summed E-state index contributed by atoms with van der Waals surface area (Å²) in [6.07, 6.45) is 6.48. The second kappa shape index (κ2) is 7.40. The topological polar surface area (TPSA) is 83.6 Å². The lowest BCUT2D eigenvalue weighted by Crippen LogP contribution is -2.13. The average molecular weight is 347 g/mol. The molecule has 0 aliphatic heterocycles. The molecule has 0 saturated heterocycles. The van der Waals surface area contributed by atoms with Crippen molar-refractivity contribution in [3.8, 4) is 17.3 Å². The molecule has 1 aromatic carbocycles. The quantitative estimate of drug-likeness (QED) is 0.580. The van der Waals surface area contributed by atoms with E-state index in [0.29, 0.717) is 16.9 Å². The number of carbonyl (C=O) groups is 1. The summed E-state index contributed by atoms with van der Waals surface area (Å²) in [7, 11) is 1.76. The van der Waals surface area contributed by atoms with Crippen LogP contribution in [-0.4, -0.2) is 20.7 Å². The molecular formula is C19H14FN5O. The first-order valence-electron chi connectivity index (χ1n) is 7.69. The molecule has 6 nitrogen and oxygen atoms in total. The number of nitrogens with zero attached hydrogens (tertiary/aromatic N) is 4. The van der Waals surface area contributed by atoms with Crippen LogP contribution >= 0.6 is 0 Å². The van der Waals surface area contributed by atoms with Crippen molar-refractivity contribution in [3.05, 3.63) is 71.9 Å². The van der Waals surface area contributed by atoms with E-state index in [2.05, 4.69) is 15.4 Å². The van der Waals surface area contributed by atoms with Crippen molar-refractivity contribution < 1.29 is 9.18 Å². The van der Waals surface area contributed by atoms with E-state index < -0.39 is 11.7 Å². The lowest BCUT2D eigenvalue weighted by molar-refractivity contribution is -0.112. The summed E-state index contributed by atoms with van der Waals surface area (Å²) >= 11 is 0. The lowest BCUT2D eigenvalue weighted by Gasteiger charge is -2.04. The Labute approximate surface area is 149 Å². The standard InChI is InChI=1S/C19H14FN5O/c1-25-12-15(18(24-25)13-6-8-22-9-7-13)10-14(11-21)19(26)23-17-4-2-16(20)3-5-17/h2-10,12H,1H3,(H,23,26)/b14-10-. The third-order valence-electron chi connectivity index (χ3n) is 3.58. The van der Waals surface area contributed by atoms with Crippen molar-refractivity contribution in [3.63, 3.8) is 0 Å². The molecule has 0 spiro atoms. The zero-order valence-electron chi connectivity index (χ0n) is 13.8. The number of hydrogen-bond acceptors (Lipinski definition) is 4. The molecule has 0 unspecified atom stereocenters. The van der Waals surface area contributed by atoms with Gasteiger partial charge in [-0.25, -0.2) is 4.39 Å². The van der Waals surface area contributed by atoms with E-state index in [4.69, 9.17) is 0 Å². The Morgan fingerprint density at radius 2 is 1.92 bits per heavy atom. The minimum Gasteiger partial charge on any atom is -0.321 e. The Morgan fingerprint density at radius 3 is 2.58 bits per heavy atom. The van der Waals surface area contributed by atoms with E-state index in [-0.39, 0.29) is 5.57 Å². The summed E-state index contributed by atoms with van der Waals surface area (Å²) < 4.78 is 14.6. The Hall–Kier alpha value is -3.79. The van der Waals surface area contributed by atoms with Gasteiger partial charge in [0.15, 0.2) is 0 Å². The maximum absolute atomic E-state index is 13.0. The van der Waals surface area contributed by atoms with Crippen molar-refractivity contribution in [2.24, 2.45) is 7.05 Å². The predicted octanol–water partition coefficient (Wildman–Crippen LogP) is 3.17. The number of halogens is 1. The predicted molar refractivity (Wildman–Crippen MR) is 95.1 cm³/mol. The van der Waals surface area contributed by atoms with E-state index in [1.807, 2.05) is 6.07 Å². The number of hydrogen-bond donors (Lipinski definition) is 1. The molecule has 128 valence electrons. The number of nitrogens with one attached hydrogen (secondary N) is 1. The summed E-state index contributed by atoms with van der Waals surface area (Å²) in [6, 6.07) is 10.8. The van der Waals surface area contributed by atoms with Crippen LogP contribution in [0.15, 0.2) is 60.6 Å². The fourth-order valence-corrected chi connectivity index (χ4v) is 2.38. The molecular weight excluding hydrogens is 333 g/mol. The van der Waals surface area contributed by atoms with Gasteiger partial charge in [-0.1, -0.05) is 0 Å². The molecule has 0 aliphatic rings. The third-order valence-corrected chi connectivity index (χ3v) is 3.58. The number of amides is 1. The zero-order valence-corrected chi connectivity index (χ0v) is 13.8. The first kappa shape index (κ1) is 17.0. The molecule has 0 radical (unpaired) electrons. The summed E-state index contributed by atoms with van der Waals surface area (Å²) in [5, 5.41) is 16.3. The van der Waals surface area contributed by atoms with E-state index in [9.17, 15) is 14.4 Å². The first-order chi connectivity index (χ1) is 12.6. The maximum Gasteiger partial charge on any atom is 0.266 e. The number of rotatable bonds is 4. The Bertz CT molecular complexity index is 1000. The minimum absolute atomic E-state index is 0.0855. The van der Waals surface area contributed by atoms with Gasteiger partial charge in [0.2, 0.25) is 0 Å². The Balaban J connectivity index is 1.91. The molecule has 2 aromatic heterocycles. The molecule has 26 heavy (non-hydrogen) atoms. The van der Waals surface area contributed by atoms with Crippen molar-refractivity contribution in [2.45, 2.75) is 0 Å². The number of benzene rings is 1. The van der Waals surface area contributed by atoms with Crippen molar-refractivity contribution in [2.75, 3.05) is 5.32 Å². The lowest BCUT2D eigenvalue weighted by atomic mass is 10.1. The minimum atomic E-state index is -0.580. The van der Waals surface area contributed by atoms with Gasteiger partial charge in [-0.05, 0) is 42.5 Å². The molecule has 7 heteroatoms. The highest BCUT2D eigenvalue weighted by atomic mass is 19.1. The number of nitriles is 1. The van der Waals surface area contributed by atoms with Crippen LogP contribution in [0.25, 0.3) is 17.3 Å². The summed E-state index contributed by atoms with van der Waals surface area (Å²) in [5.41, 5.74) is 2.40. The van der Waals surface area contributed by atoms with Crippen LogP contribution in [0.4, 0.5) is 10.1 Å².